The van der Waals surface area contributed by atoms with E-state index < -0.39 is 0 Å². The van der Waals surface area contributed by atoms with Gasteiger partial charge >= 0.3 is 0 Å². The molecule has 0 unspecified atom stereocenters. The molecule has 0 saturated carbocycles. The van der Waals surface area contributed by atoms with E-state index in [4.69, 9.17) is 0 Å². The second-order valence-electron chi connectivity index (χ2n) is 2.66. The fourth-order valence-corrected chi connectivity index (χ4v) is 1.06. The van der Waals surface area contributed by atoms with Crippen LogP contribution in [-0.4, -0.2) is 14.5 Å². The molecule has 0 aromatic carbocycles. The van der Waals surface area contributed by atoms with Crippen LogP contribution in [0.3, 0.4) is 0 Å². The summed E-state index contributed by atoms with van der Waals surface area (Å²) in [4.78, 5) is 8.16. The van der Waals surface area contributed by atoms with Gasteiger partial charge in [-0.1, -0.05) is 0 Å². The van der Waals surface area contributed by atoms with Crippen molar-refractivity contribution in [3.05, 3.63) is 42.6 Å². The standard InChI is InChI=1S/C9H9N3/c1-8-2-3-11-9(6-8)12-5-4-10-7-12/h2-7H,1H3. The molecule has 3 nitrogen and oxygen atoms in total. The molecule has 2 aromatic rings. The van der Waals surface area contributed by atoms with Crippen LogP contribution in [0.15, 0.2) is 37.1 Å². The van der Waals surface area contributed by atoms with E-state index in [1.807, 2.05) is 29.8 Å². The molecule has 0 saturated heterocycles. The zero-order valence-corrected chi connectivity index (χ0v) is 6.81. The molecule has 0 amide bonds. The van der Waals surface area contributed by atoms with E-state index in [0.29, 0.717) is 0 Å². The Labute approximate surface area is 70.7 Å². The molecule has 0 N–H and O–H groups in total. The fourth-order valence-electron chi connectivity index (χ4n) is 1.06. The monoisotopic (exact) mass is 159 g/mol. The number of imidazole rings is 1. The van der Waals surface area contributed by atoms with E-state index in [0.717, 1.165) is 5.82 Å². The fraction of sp³-hybridized carbons (Fsp3) is 0.111. The Morgan fingerprint density at radius 1 is 1.33 bits per heavy atom. The Morgan fingerprint density at radius 3 is 2.92 bits per heavy atom. The lowest BCUT2D eigenvalue weighted by Crippen LogP contribution is -1.93. The minimum Gasteiger partial charge on any atom is -0.291 e. The van der Waals surface area contributed by atoms with Crippen LogP contribution >= 0.6 is 0 Å². The van der Waals surface area contributed by atoms with Crippen LogP contribution in [-0.2, 0) is 0 Å². The number of nitrogens with zero attached hydrogens (tertiary/aromatic N) is 3. The van der Waals surface area contributed by atoms with Crippen LogP contribution in [0, 0.1) is 6.92 Å². The molecule has 2 heterocycles. The first-order valence-electron chi connectivity index (χ1n) is 3.77. The third kappa shape index (κ3) is 1.21. The molecule has 0 bridgehead atoms. The summed E-state index contributed by atoms with van der Waals surface area (Å²) in [5, 5.41) is 0. The van der Waals surface area contributed by atoms with Crippen molar-refractivity contribution in [3.63, 3.8) is 0 Å². The highest BCUT2D eigenvalue weighted by atomic mass is 15.1. The van der Waals surface area contributed by atoms with E-state index in [2.05, 4.69) is 9.97 Å². The summed E-state index contributed by atoms with van der Waals surface area (Å²) in [7, 11) is 0. The predicted molar refractivity (Wildman–Crippen MR) is 46.1 cm³/mol. The van der Waals surface area contributed by atoms with Crippen molar-refractivity contribution in [2.24, 2.45) is 0 Å². The predicted octanol–water partition coefficient (Wildman–Crippen LogP) is 1.58. The SMILES string of the molecule is Cc1ccnc(-n2ccnc2)c1. The summed E-state index contributed by atoms with van der Waals surface area (Å²) in [6.45, 7) is 2.04. The highest BCUT2D eigenvalue weighted by molar-refractivity contribution is 5.26. The molecule has 0 radical (unpaired) electrons. The number of rotatable bonds is 1. The van der Waals surface area contributed by atoms with Crippen molar-refractivity contribution in [3.8, 4) is 5.82 Å². The molecule has 2 rings (SSSR count). The average molecular weight is 159 g/mol. The van der Waals surface area contributed by atoms with Crippen LogP contribution in [0.5, 0.6) is 0 Å². The molecule has 0 aliphatic rings. The van der Waals surface area contributed by atoms with Crippen LogP contribution in [0.2, 0.25) is 0 Å². The van der Waals surface area contributed by atoms with Gasteiger partial charge in [0.05, 0.1) is 0 Å². The maximum atomic E-state index is 4.20. The van der Waals surface area contributed by atoms with E-state index in [9.17, 15) is 0 Å². The quantitative estimate of drug-likeness (QED) is 0.632. The largest absolute Gasteiger partial charge is 0.291 e. The van der Waals surface area contributed by atoms with Gasteiger partial charge in [-0.25, -0.2) is 9.97 Å². The van der Waals surface area contributed by atoms with Crippen molar-refractivity contribution in [2.45, 2.75) is 6.92 Å². The van der Waals surface area contributed by atoms with Gasteiger partial charge in [0.1, 0.15) is 12.1 Å². The van der Waals surface area contributed by atoms with Gasteiger partial charge in [0, 0.05) is 18.6 Å². The molecular weight excluding hydrogens is 150 g/mol. The van der Waals surface area contributed by atoms with Crippen molar-refractivity contribution in [1.82, 2.24) is 14.5 Å². The van der Waals surface area contributed by atoms with Crippen LogP contribution in [0.1, 0.15) is 5.56 Å². The first-order valence-corrected chi connectivity index (χ1v) is 3.77. The molecule has 60 valence electrons. The summed E-state index contributed by atoms with van der Waals surface area (Å²) >= 11 is 0. The number of aromatic nitrogens is 3. The second-order valence-corrected chi connectivity index (χ2v) is 2.66. The van der Waals surface area contributed by atoms with Crippen LogP contribution < -0.4 is 0 Å². The molecule has 0 aliphatic carbocycles. The summed E-state index contributed by atoms with van der Waals surface area (Å²) in [6, 6.07) is 3.99. The van der Waals surface area contributed by atoms with E-state index in [1.54, 1.807) is 18.7 Å². The average Bonchev–Trinajstić information content (AvgIpc) is 2.56. The Hall–Kier alpha value is -1.64. The van der Waals surface area contributed by atoms with Gasteiger partial charge in [-0.3, -0.25) is 4.57 Å². The normalized spacial score (nSPS) is 10.1. The summed E-state index contributed by atoms with van der Waals surface area (Å²) < 4.78 is 1.88. The number of aryl methyl sites for hydroxylation is 1. The Kier molecular flexibility index (Phi) is 1.63. The molecule has 0 spiro atoms. The highest BCUT2D eigenvalue weighted by Gasteiger charge is 1.94. The number of pyridine rings is 1. The lowest BCUT2D eigenvalue weighted by atomic mass is 10.3. The van der Waals surface area contributed by atoms with Crippen LogP contribution in [0.4, 0.5) is 0 Å². The Morgan fingerprint density at radius 2 is 2.25 bits per heavy atom. The minimum absolute atomic E-state index is 0.910. The second kappa shape index (κ2) is 2.77. The van der Waals surface area contributed by atoms with Gasteiger partial charge < -0.3 is 0 Å². The van der Waals surface area contributed by atoms with Gasteiger partial charge in [-0.2, -0.15) is 0 Å². The zero-order valence-electron chi connectivity index (χ0n) is 6.81. The Bertz CT molecular complexity index is 365. The van der Waals surface area contributed by atoms with Gasteiger partial charge in [0.25, 0.3) is 0 Å². The van der Waals surface area contributed by atoms with E-state index in [1.165, 1.54) is 5.56 Å². The summed E-state index contributed by atoms with van der Waals surface area (Å²) in [6.07, 6.45) is 7.15. The molecular formula is C9H9N3. The number of hydrogen-bond donors (Lipinski definition) is 0. The van der Waals surface area contributed by atoms with Crippen molar-refractivity contribution >= 4 is 0 Å². The van der Waals surface area contributed by atoms with Crippen molar-refractivity contribution < 1.29 is 0 Å². The molecule has 3 heteroatoms. The minimum atomic E-state index is 0.910. The van der Waals surface area contributed by atoms with Gasteiger partial charge in [0.15, 0.2) is 0 Å². The molecule has 12 heavy (non-hydrogen) atoms. The van der Waals surface area contributed by atoms with E-state index in [-0.39, 0.29) is 0 Å². The summed E-state index contributed by atoms with van der Waals surface area (Å²) in [5.74, 6) is 0.910. The molecule has 0 atom stereocenters. The summed E-state index contributed by atoms with van der Waals surface area (Å²) in [5.41, 5.74) is 1.20. The zero-order chi connectivity index (χ0) is 8.39. The number of hydrogen-bond acceptors (Lipinski definition) is 2. The Balaban J connectivity index is 2.48. The lowest BCUT2D eigenvalue weighted by Gasteiger charge is -2.00. The first-order chi connectivity index (χ1) is 5.86. The smallest absolute Gasteiger partial charge is 0.138 e. The maximum absolute atomic E-state index is 4.20. The highest BCUT2D eigenvalue weighted by Crippen LogP contribution is 2.04. The lowest BCUT2D eigenvalue weighted by molar-refractivity contribution is 0.988. The first kappa shape index (κ1) is 7.03. The van der Waals surface area contributed by atoms with Gasteiger partial charge in [-0.05, 0) is 24.6 Å². The maximum Gasteiger partial charge on any atom is 0.138 e. The van der Waals surface area contributed by atoms with Crippen molar-refractivity contribution in [2.75, 3.05) is 0 Å². The van der Waals surface area contributed by atoms with E-state index >= 15 is 0 Å². The molecule has 0 fully saturated rings. The van der Waals surface area contributed by atoms with Crippen LogP contribution in [0.25, 0.3) is 5.82 Å². The molecule has 2 aromatic heterocycles. The third-order valence-corrected chi connectivity index (χ3v) is 1.67. The topological polar surface area (TPSA) is 30.7 Å². The third-order valence-electron chi connectivity index (χ3n) is 1.67. The molecule has 0 aliphatic heterocycles. The van der Waals surface area contributed by atoms with Gasteiger partial charge in [0.2, 0.25) is 0 Å². The van der Waals surface area contributed by atoms with Crippen molar-refractivity contribution in [1.29, 1.82) is 0 Å². The van der Waals surface area contributed by atoms with Gasteiger partial charge in [-0.15, -0.1) is 0 Å².